The number of carbonyl (C=O) groups is 2. The fraction of sp³-hybridized carbons (Fsp3) is 0.619. The van der Waals surface area contributed by atoms with E-state index in [1.165, 1.54) is 6.07 Å². The first-order chi connectivity index (χ1) is 13.7. The largest absolute Gasteiger partial charge is 0.379 e. The summed E-state index contributed by atoms with van der Waals surface area (Å²) >= 11 is 12.0. The molecule has 0 bridgehead atoms. The fourth-order valence-electron chi connectivity index (χ4n) is 3.44. The predicted molar refractivity (Wildman–Crippen MR) is 117 cm³/mol. The van der Waals surface area contributed by atoms with Crippen LogP contribution in [0.25, 0.3) is 0 Å². The number of ether oxygens (including phenoxy) is 1. The first-order valence-corrected chi connectivity index (χ1v) is 10.8. The molecule has 0 radical (unpaired) electrons. The number of halogens is 2. The van der Waals surface area contributed by atoms with Gasteiger partial charge in [-0.15, -0.1) is 0 Å². The monoisotopic (exact) mass is 443 g/mol. The molecule has 1 aliphatic rings. The number of nitrogens with one attached hydrogen (secondary N) is 2. The van der Waals surface area contributed by atoms with Crippen molar-refractivity contribution in [3.05, 3.63) is 33.8 Å². The maximum absolute atomic E-state index is 12.9. The first kappa shape index (κ1) is 23.9. The van der Waals surface area contributed by atoms with Gasteiger partial charge in [-0.3, -0.25) is 14.5 Å². The highest BCUT2D eigenvalue weighted by atomic mass is 35.5. The summed E-state index contributed by atoms with van der Waals surface area (Å²) < 4.78 is 5.43. The predicted octanol–water partition coefficient (Wildman–Crippen LogP) is 3.22. The number of hydrogen-bond donors (Lipinski definition) is 2. The fourth-order valence-corrected chi connectivity index (χ4v) is 3.93. The first-order valence-electron chi connectivity index (χ1n) is 10.1. The number of hydrogen-bond acceptors (Lipinski definition) is 4. The topological polar surface area (TPSA) is 70.7 Å². The van der Waals surface area contributed by atoms with E-state index in [-0.39, 0.29) is 22.9 Å². The minimum Gasteiger partial charge on any atom is -0.379 e. The molecule has 0 aliphatic carbocycles. The molecular weight excluding hydrogens is 413 g/mol. The summed E-state index contributed by atoms with van der Waals surface area (Å²) in [5, 5.41) is 6.55. The van der Waals surface area contributed by atoms with Gasteiger partial charge in [-0.05, 0) is 30.0 Å². The molecule has 2 rings (SSSR count). The Balaban J connectivity index is 2.01. The summed E-state index contributed by atoms with van der Waals surface area (Å²) in [6.45, 7) is 11.8. The summed E-state index contributed by atoms with van der Waals surface area (Å²) in [4.78, 5) is 27.9. The molecule has 2 amide bonds. The second kappa shape index (κ2) is 11.2. The number of amides is 2. The van der Waals surface area contributed by atoms with Gasteiger partial charge in [0.15, 0.2) is 0 Å². The Labute approximate surface area is 183 Å². The molecule has 1 aliphatic heterocycles. The van der Waals surface area contributed by atoms with Crippen molar-refractivity contribution >= 4 is 35.0 Å². The van der Waals surface area contributed by atoms with Crippen molar-refractivity contribution in [3.8, 4) is 0 Å². The van der Waals surface area contributed by atoms with Gasteiger partial charge in [-0.2, -0.15) is 0 Å². The van der Waals surface area contributed by atoms with Crippen LogP contribution in [-0.4, -0.2) is 61.6 Å². The van der Waals surface area contributed by atoms with E-state index in [9.17, 15) is 9.59 Å². The van der Waals surface area contributed by atoms with Gasteiger partial charge < -0.3 is 15.4 Å². The van der Waals surface area contributed by atoms with Crippen LogP contribution in [0.3, 0.4) is 0 Å². The van der Waals surface area contributed by atoms with E-state index in [1.807, 2.05) is 13.8 Å². The van der Waals surface area contributed by atoms with E-state index in [0.717, 1.165) is 13.1 Å². The van der Waals surface area contributed by atoms with E-state index in [0.29, 0.717) is 36.3 Å². The van der Waals surface area contributed by atoms with Crippen LogP contribution in [-0.2, 0) is 9.53 Å². The molecular formula is C21H31Cl2N3O3. The smallest absolute Gasteiger partial charge is 0.253 e. The highest BCUT2D eigenvalue weighted by Gasteiger charge is 2.28. The molecule has 6 nitrogen and oxygen atoms in total. The van der Waals surface area contributed by atoms with Crippen LogP contribution in [0.15, 0.2) is 18.2 Å². The number of morpholine rings is 1. The van der Waals surface area contributed by atoms with Gasteiger partial charge in [0.1, 0.15) is 6.04 Å². The van der Waals surface area contributed by atoms with E-state index < -0.39 is 11.9 Å². The van der Waals surface area contributed by atoms with Crippen molar-refractivity contribution in [1.82, 2.24) is 15.5 Å². The lowest BCUT2D eigenvalue weighted by Crippen LogP contribution is -2.55. The maximum Gasteiger partial charge on any atom is 0.253 e. The molecule has 2 atom stereocenters. The van der Waals surface area contributed by atoms with Gasteiger partial charge in [-0.1, -0.05) is 50.9 Å². The zero-order valence-corrected chi connectivity index (χ0v) is 19.0. The lowest BCUT2D eigenvalue weighted by molar-refractivity contribution is -0.124. The van der Waals surface area contributed by atoms with Gasteiger partial charge in [0.05, 0.1) is 23.8 Å². The van der Waals surface area contributed by atoms with E-state index in [1.54, 1.807) is 12.1 Å². The minimum absolute atomic E-state index is 0.0779. The average Bonchev–Trinajstić information content (AvgIpc) is 2.66. The molecule has 1 heterocycles. The van der Waals surface area contributed by atoms with Gasteiger partial charge in [0.25, 0.3) is 5.91 Å². The highest BCUT2D eigenvalue weighted by Crippen LogP contribution is 2.21. The minimum atomic E-state index is -0.660. The molecule has 0 spiro atoms. The van der Waals surface area contributed by atoms with Gasteiger partial charge in [0.2, 0.25) is 5.91 Å². The summed E-state index contributed by atoms with van der Waals surface area (Å²) in [7, 11) is 0. The number of nitrogens with zero attached hydrogens (tertiary/aromatic N) is 1. The highest BCUT2D eigenvalue weighted by molar-refractivity contribution is 6.36. The number of rotatable bonds is 8. The van der Waals surface area contributed by atoms with Crippen LogP contribution < -0.4 is 10.6 Å². The summed E-state index contributed by atoms with van der Waals surface area (Å²) in [5.41, 5.74) is 0.294. The lowest BCUT2D eigenvalue weighted by atomic mass is 10.00. The van der Waals surface area contributed by atoms with E-state index in [2.05, 4.69) is 29.4 Å². The molecule has 1 fully saturated rings. The standard InChI is InChI=1S/C21H31Cl2N3O3/c1-13(2)18(26-7-9-29-10-8-26)12-24-21(28)19(14(3)4)25-20(27)16-6-5-15(22)11-17(16)23/h5-6,11,13-14,18-19H,7-10,12H2,1-4H3,(H,24,28)(H,25,27)/t18-,19+/m1/s1. The molecule has 0 aromatic heterocycles. The molecule has 0 unspecified atom stereocenters. The van der Waals surface area contributed by atoms with Gasteiger partial charge >= 0.3 is 0 Å². The molecule has 0 saturated carbocycles. The Kier molecular flexibility index (Phi) is 9.21. The van der Waals surface area contributed by atoms with E-state index >= 15 is 0 Å². The summed E-state index contributed by atoms with van der Waals surface area (Å²) in [6.07, 6.45) is 0. The molecule has 8 heteroatoms. The third kappa shape index (κ3) is 6.85. The normalized spacial score (nSPS) is 17.2. The van der Waals surface area contributed by atoms with Gasteiger partial charge in [0, 0.05) is 30.7 Å². The van der Waals surface area contributed by atoms with Crippen LogP contribution in [0.2, 0.25) is 10.0 Å². The Morgan fingerprint density at radius 3 is 2.31 bits per heavy atom. The van der Waals surface area contributed by atoms with E-state index in [4.69, 9.17) is 27.9 Å². The van der Waals surface area contributed by atoms with Crippen LogP contribution >= 0.6 is 23.2 Å². The van der Waals surface area contributed by atoms with Crippen molar-refractivity contribution in [2.75, 3.05) is 32.8 Å². The molecule has 29 heavy (non-hydrogen) atoms. The third-order valence-electron chi connectivity index (χ3n) is 5.18. The third-order valence-corrected chi connectivity index (χ3v) is 5.73. The zero-order chi connectivity index (χ0) is 21.6. The maximum atomic E-state index is 12.9. The SMILES string of the molecule is CC(C)[C@H](NC(=O)c1ccc(Cl)cc1Cl)C(=O)NC[C@H](C(C)C)N1CCOCC1. The molecule has 162 valence electrons. The van der Waals surface area contributed by atoms with Crippen molar-refractivity contribution in [2.45, 2.75) is 39.8 Å². The lowest BCUT2D eigenvalue weighted by Gasteiger charge is -2.37. The van der Waals surface area contributed by atoms with Crippen LogP contribution in [0.1, 0.15) is 38.1 Å². The Morgan fingerprint density at radius 2 is 1.76 bits per heavy atom. The van der Waals surface area contributed by atoms with Gasteiger partial charge in [-0.25, -0.2) is 0 Å². The van der Waals surface area contributed by atoms with Crippen LogP contribution in [0.4, 0.5) is 0 Å². The van der Waals surface area contributed by atoms with Crippen LogP contribution in [0, 0.1) is 11.8 Å². The Hall–Kier alpha value is -1.34. The molecule has 1 saturated heterocycles. The molecule has 2 N–H and O–H groups in total. The average molecular weight is 444 g/mol. The number of benzene rings is 1. The molecule has 1 aromatic rings. The van der Waals surface area contributed by atoms with Crippen molar-refractivity contribution < 1.29 is 14.3 Å². The molecule has 1 aromatic carbocycles. The van der Waals surface area contributed by atoms with Crippen molar-refractivity contribution in [2.24, 2.45) is 11.8 Å². The summed E-state index contributed by atoms with van der Waals surface area (Å²) in [5.74, 6) is -0.286. The second-order valence-electron chi connectivity index (χ2n) is 8.02. The quantitative estimate of drug-likeness (QED) is 0.646. The van der Waals surface area contributed by atoms with Crippen molar-refractivity contribution in [3.63, 3.8) is 0 Å². The number of carbonyl (C=O) groups excluding carboxylic acids is 2. The van der Waals surface area contributed by atoms with Crippen LogP contribution in [0.5, 0.6) is 0 Å². The van der Waals surface area contributed by atoms with Crippen molar-refractivity contribution in [1.29, 1.82) is 0 Å². The summed E-state index contributed by atoms with van der Waals surface area (Å²) in [6, 6.07) is 4.23. The second-order valence-corrected chi connectivity index (χ2v) is 8.87. The Morgan fingerprint density at radius 1 is 1.10 bits per heavy atom. The zero-order valence-electron chi connectivity index (χ0n) is 17.5. The Bertz CT molecular complexity index is 706.